The Labute approximate surface area is 139 Å². The third-order valence-corrected chi connectivity index (χ3v) is 3.86. The first kappa shape index (κ1) is 15.8. The van der Waals surface area contributed by atoms with E-state index in [4.69, 9.17) is 4.42 Å². The normalized spacial score (nSPS) is 10.7. The monoisotopic (exact) mass is 322 g/mol. The SMILES string of the molecule is C=CCN(C(=O)Cc1cn(C(C)=O)c2ccccc12)c1ccco1. The van der Waals surface area contributed by atoms with E-state index in [0.29, 0.717) is 12.4 Å². The molecule has 3 aromatic rings. The van der Waals surface area contributed by atoms with Crippen LogP contribution in [-0.4, -0.2) is 22.9 Å². The van der Waals surface area contributed by atoms with Gasteiger partial charge in [-0.25, -0.2) is 0 Å². The van der Waals surface area contributed by atoms with Gasteiger partial charge in [0.05, 0.1) is 18.2 Å². The summed E-state index contributed by atoms with van der Waals surface area (Å²) in [7, 11) is 0. The van der Waals surface area contributed by atoms with Crippen LogP contribution in [0.5, 0.6) is 0 Å². The Morgan fingerprint density at radius 3 is 2.71 bits per heavy atom. The minimum atomic E-state index is -0.115. The van der Waals surface area contributed by atoms with Gasteiger partial charge in [-0.2, -0.15) is 0 Å². The van der Waals surface area contributed by atoms with Crippen molar-refractivity contribution >= 4 is 28.6 Å². The maximum atomic E-state index is 12.7. The number of para-hydroxylation sites is 1. The first-order valence-corrected chi connectivity index (χ1v) is 7.66. The largest absolute Gasteiger partial charge is 0.448 e. The van der Waals surface area contributed by atoms with Crippen LogP contribution in [0.2, 0.25) is 0 Å². The van der Waals surface area contributed by atoms with Gasteiger partial charge >= 0.3 is 0 Å². The molecule has 0 fully saturated rings. The van der Waals surface area contributed by atoms with Crippen molar-refractivity contribution in [3.05, 3.63) is 67.1 Å². The third kappa shape index (κ3) is 2.88. The molecule has 2 aromatic heterocycles. The van der Waals surface area contributed by atoms with Gasteiger partial charge in [-0.15, -0.1) is 6.58 Å². The van der Waals surface area contributed by atoms with E-state index in [1.54, 1.807) is 29.0 Å². The summed E-state index contributed by atoms with van der Waals surface area (Å²) < 4.78 is 6.91. The van der Waals surface area contributed by atoms with E-state index in [1.165, 1.54) is 18.1 Å². The van der Waals surface area contributed by atoms with Gasteiger partial charge in [-0.1, -0.05) is 24.3 Å². The van der Waals surface area contributed by atoms with Crippen LogP contribution in [0.15, 0.2) is 65.9 Å². The smallest absolute Gasteiger partial charge is 0.234 e. The quantitative estimate of drug-likeness (QED) is 0.674. The van der Waals surface area contributed by atoms with Gasteiger partial charge in [0.25, 0.3) is 0 Å². The first-order chi connectivity index (χ1) is 11.6. The van der Waals surface area contributed by atoms with Crippen molar-refractivity contribution in [2.75, 3.05) is 11.4 Å². The van der Waals surface area contributed by atoms with E-state index in [-0.39, 0.29) is 18.2 Å². The van der Waals surface area contributed by atoms with E-state index in [9.17, 15) is 9.59 Å². The fourth-order valence-electron chi connectivity index (χ4n) is 2.78. The van der Waals surface area contributed by atoms with E-state index in [0.717, 1.165) is 16.5 Å². The van der Waals surface area contributed by atoms with Crippen LogP contribution in [0.4, 0.5) is 5.88 Å². The summed E-state index contributed by atoms with van der Waals surface area (Å²) in [6.07, 6.45) is 5.09. The topological polar surface area (TPSA) is 55.5 Å². The van der Waals surface area contributed by atoms with Crippen LogP contribution < -0.4 is 4.90 Å². The van der Waals surface area contributed by atoms with Crippen molar-refractivity contribution in [2.24, 2.45) is 0 Å². The number of hydrogen-bond acceptors (Lipinski definition) is 3. The highest BCUT2D eigenvalue weighted by Crippen LogP contribution is 2.23. The Balaban J connectivity index is 1.95. The fourth-order valence-corrected chi connectivity index (χ4v) is 2.78. The maximum absolute atomic E-state index is 12.7. The van der Waals surface area contributed by atoms with Gasteiger partial charge in [0, 0.05) is 31.1 Å². The Kier molecular flexibility index (Phi) is 4.33. The number of amides is 1. The number of rotatable bonds is 5. The van der Waals surface area contributed by atoms with Crippen molar-refractivity contribution in [1.82, 2.24) is 4.57 Å². The zero-order valence-electron chi connectivity index (χ0n) is 13.4. The molecule has 1 amide bonds. The number of aromatic nitrogens is 1. The van der Waals surface area contributed by atoms with E-state index < -0.39 is 0 Å². The number of furan rings is 1. The predicted molar refractivity (Wildman–Crippen MR) is 93.2 cm³/mol. The van der Waals surface area contributed by atoms with Gasteiger partial charge in [-0.3, -0.25) is 19.1 Å². The lowest BCUT2D eigenvalue weighted by molar-refractivity contribution is -0.118. The van der Waals surface area contributed by atoms with Crippen molar-refractivity contribution in [3.8, 4) is 0 Å². The highest BCUT2D eigenvalue weighted by molar-refractivity contribution is 5.99. The minimum Gasteiger partial charge on any atom is -0.448 e. The van der Waals surface area contributed by atoms with Crippen molar-refractivity contribution in [3.63, 3.8) is 0 Å². The molecule has 0 aliphatic heterocycles. The van der Waals surface area contributed by atoms with Crippen LogP contribution in [0.1, 0.15) is 17.3 Å². The zero-order chi connectivity index (χ0) is 17.1. The molecule has 0 aliphatic rings. The van der Waals surface area contributed by atoms with Crippen LogP contribution in [0, 0.1) is 0 Å². The molecule has 0 aliphatic carbocycles. The Hall–Kier alpha value is -3.08. The first-order valence-electron chi connectivity index (χ1n) is 7.66. The van der Waals surface area contributed by atoms with E-state index in [2.05, 4.69) is 6.58 Å². The number of anilines is 1. The molecular weight excluding hydrogens is 304 g/mol. The molecule has 0 atom stereocenters. The highest BCUT2D eigenvalue weighted by atomic mass is 16.3. The number of hydrogen-bond donors (Lipinski definition) is 0. The lowest BCUT2D eigenvalue weighted by Gasteiger charge is -2.17. The molecule has 0 N–H and O–H groups in total. The van der Waals surface area contributed by atoms with Gasteiger partial charge < -0.3 is 4.42 Å². The Bertz CT molecular complexity index is 891. The van der Waals surface area contributed by atoms with E-state index >= 15 is 0 Å². The molecule has 122 valence electrons. The average Bonchev–Trinajstić information content (AvgIpc) is 3.21. The molecular formula is C19H18N2O3. The third-order valence-electron chi connectivity index (χ3n) is 3.86. The van der Waals surface area contributed by atoms with Gasteiger partial charge in [-0.05, 0) is 17.7 Å². The average molecular weight is 322 g/mol. The second-order valence-corrected chi connectivity index (χ2v) is 5.48. The van der Waals surface area contributed by atoms with Crippen molar-refractivity contribution < 1.29 is 14.0 Å². The molecule has 0 saturated carbocycles. The molecule has 0 radical (unpaired) electrons. The summed E-state index contributed by atoms with van der Waals surface area (Å²) in [6.45, 7) is 5.56. The molecule has 5 heteroatoms. The standard InChI is InChI=1S/C19H18N2O3/c1-3-10-20(19-9-6-11-24-19)18(23)12-15-13-21(14(2)22)17-8-5-4-7-16(15)17/h3-9,11,13H,1,10,12H2,2H3. The second-order valence-electron chi connectivity index (χ2n) is 5.48. The van der Waals surface area contributed by atoms with Crippen molar-refractivity contribution in [1.29, 1.82) is 0 Å². The number of fused-ring (bicyclic) bond motifs is 1. The molecule has 5 nitrogen and oxygen atoms in total. The lowest BCUT2D eigenvalue weighted by atomic mass is 10.1. The van der Waals surface area contributed by atoms with Crippen LogP contribution in [0.25, 0.3) is 10.9 Å². The Morgan fingerprint density at radius 1 is 1.25 bits per heavy atom. The summed E-state index contributed by atoms with van der Waals surface area (Å²) in [5, 5.41) is 0.902. The van der Waals surface area contributed by atoms with Gasteiger partial charge in [0.2, 0.25) is 17.7 Å². The lowest BCUT2D eigenvalue weighted by Crippen LogP contribution is -2.32. The van der Waals surface area contributed by atoms with Crippen LogP contribution in [-0.2, 0) is 11.2 Å². The summed E-state index contributed by atoms with van der Waals surface area (Å²) in [5.74, 6) is 0.283. The van der Waals surface area contributed by atoms with Gasteiger partial charge in [0.15, 0.2) is 0 Å². The molecule has 2 heterocycles. The molecule has 0 saturated heterocycles. The number of carbonyl (C=O) groups excluding carboxylic acids is 2. The Morgan fingerprint density at radius 2 is 2.04 bits per heavy atom. The minimum absolute atomic E-state index is 0.0844. The summed E-state index contributed by atoms with van der Waals surface area (Å²) >= 11 is 0. The summed E-state index contributed by atoms with van der Waals surface area (Å²) in [6, 6.07) is 11.0. The van der Waals surface area contributed by atoms with Crippen molar-refractivity contribution in [2.45, 2.75) is 13.3 Å². The summed E-state index contributed by atoms with van der Waals surface area (Å²) in [5.41, 5.74) is 1.62. The van der Waals surface area contributed by atoms with Crippen LogP contribution >= 0.6 is 0 Å². The second kappa shape index (κ2) is 6.58. The zero-order valence-corrected chi connectivity index (χ0v) is 13.4. The van der Waals surface area contributed by atoms with Crippen LogP contribution in [0.3, 0.4) is 0 Å². The van der Waals surface area contributed by atoms with E-state index in [1.807, 2.05) is 24.3 Å². The highest BCUT2D eigenvalue weighted by Gasteiger charge is 2.20. The van der Waals surface area contributed by atoms with Gasteiger partial charge in [0.1, 0.15) is 0 Å². The molecule has 3 rings (SSSR count). The maximum Gasteiger partial charge on any atom is 0.234 e. The molecule has 0 spiro atoms. The molecule has 1 aromatic carbocycles. The number of carbonyl (C=O) groups is 2. The molecule has 24 heavy (non-hydrogen) atoms. The fraction of sp³-hybridized carbons (Fsp3) is 0.158. The molecule has 0 bridgehead atoms. The number of benzene rings is 1. The number of nitrogens with zero attached hydrogens (tertiary/aromatic N) is 2. The molecule has 0 unspecified atom stereocenters. The summed E-state index contributed by atoms with van der Waals surface area (Å²) in [4.78, 5) is 26.1. The predicted octanol–water partition coefficient (Wildman–Crippen LogP) is 3.66.